The number of nitrogens with zero attached hydrogens (tertiary/aromatic N) is 2. The topological polar surface area (TPSA) is 16.1 Å². The number of hydrogen-bond acceptors (Lipinski definition) is 2. The van der Waals surface area contributed by atoms with Crippen LogP contribution in [-0.2, 0) is 0 Å². The van der Waals surface area contributed by atoms with E-state index in [1.807, 2.05) is 12.4 Å². The van der Waals surface area contributed by atoms with Crippen LogP contribution in [0.4, 0.5) is 5.69 Å². The molecule has 0 saturated carbocycles. The lowest BCUT2D eigenvalue weighted by atomic mass is 10.1. The van der Waals surface area contributed by atoms with E-state index in [1.165, 1.54) is 28.9 Å². The third-order valence-corrected chi connectivity index (χ3v) is 2.98. The molecule has 0 bridgehead atoms. The van der Waals surface area contributed by atoms with Crippen LogP contribution in [0.3, 0.4) is 0 Å². The summed E-state index contributed by atoms with van der Waals surface area (Å²) in [4.78, 5) is 6.52. The van der Waals surface area contributed by atoms with Gasteiger partial charge in [0.25, 0.3) is 0 Å². The van der Waals surface area contributed by atoms with Gasteiger partial charge >= 0.3 is 0 Å². The molecule has 2 heteroatoms. The SMILES string of the molecule is CC1=C2C=Cc3cnccc3N2CC1. The first-order chi connectivity index (χ1) is 6.86. The summed E-state index contributed by atoms with van der Waals surface area (Å²) in [7, 11) is 0. The average Bonchev–Trinajstić information content (AvgIpc) is 2.61. The zero-order valence-electron chi connectivity index (χ0n) is 8.20. The monoisotopic (exact) mass is 184 g/mol. The quantitative estimate of drug-likeness (QED) is 0.616. The van der Waals surface area contributed by atoms with Crippen LogP contribution in [0.25, 0.3) is 6.08 Å². The van der Waals surface area contributed by atoms with E-state index >= 15 is 0 Å². The minimum atomic E-state index is 1.11. The number of aromatic nitrogens is 1. The maximum Gasteiger partial charge on any atom is 0.0515 e. The van der Waals surface area contributed by atoms with Gasteiger partial charge in [-0.25, -0.2) is 0 Å². The van der Waals surface area contributed by atoms with Crippen molar-refractivity contribution in [2.24, 2.45) is 0 Å². The first kappa shape index (κ1) is 7.80. The molecule has 0 atom stereocenters. The second-order valence-electron chi connectivity index (χ2n) is 3.84. The van der Waals surface area contributed by atoms with Crippen LogP contribution in [-0.4, -0.2) is 11.5 Å². The van der Waals surface area contributed by atoms with Crippen molar-refractivity contribution in [3.05, 3.63) is 41.4 Å². The molecule has 70 valence electrons. The molecule has 2 aliphatic heterocycles. The van der Waals surface area contributed by atoms with Gasteiger partial charge in [0.2, 0.25) is 0 Å². The molecule has 2 aliphatic rings. The van der Waals surface area contributed by atoms with Crippen LogP contribution in [0.5, 0.6) is 0 Å². The lowest BCUT2D eigenvalue weighted by Crippen LogP contribution is -2.20. The fourth-order valence-electron chi connectivity index (χ4n) is 2.18. The standard InChI is InChI=1S/C12H12N2/c1-9-5-7-14-11(9)3-2-10-8-13-6-4-12(10)14/h2-4,6,8H,5,7H2,1H3. The molecule has 0 unspecified atom stereocenters. The number of allylic oxidation sites excluding steroid dienone is 1. The highest BCUT2D eigenvalue weighted by Crippen LogP contribution is 2.35. The highest BCUT2D eigenvalue weighted by atomic mass is 15.2. The molecule has 0 radical (unpaired) electrons. The molecule has 0 fully saturated rings. The van der Waals surface area contributed by atoms with E-state index in [-0.39, 0.29) is 0 Å². The maximum atomic E-state index is 4.14. The Labute approximate surface area is 83.6 Å². The van der Waals surface area contributed by atoms with Crippen molar-refractivity contribution < 1.29 is 0 Å². The van der Waals surface area contributed by atoms with Crippen LogP contribution < -0.4 is 4.90 Å². The number of rotatable bonds is 0. The number of fused-ring (bicyclic) bond motifs is 3. The van der Waals surface area contributed by atoms with Gasteiger partial charge in [0.1, 0.15) is 0 Å². The Morgan fingerprint density at radius 2 is 2.29 bits per heavy atom. The van der Waals surface area contributed by atoms with Gasteiger partial charge in [-0.3, -0.25) is 4.98 Å². The Kier molecular flexibility index (Phi) is 1.51. The van der Waals surface area contributed by atoms with E-state index in [9.17, 15) is 0 Å². The van der Waals surface area contributed by atoms with Gasteiger partial charge in [-0.15, -0.1) is 0 Å². The molecule has 0 saturated heterocycles. The number of pyridine rings is 1. The third-order valence-electron chi connectivity index (χ3n) is 2.98. The van der Waals surface area contributed by atoms with Crippen molar-refractivity contribution in [2.45, 2.75) is 13.3 Å². The first-order valence-corrected chi connectivity index (χ1v) is 4.95. The van der Waals surface area contributed by atoms with E-state index in [0.717, 1.165) is 6.54 Å². The third kappa shape index (κ3) is 0.939. The Bertz CT molecular complexity index is 443. The molecule has 1 aromatic rings. The zero-order valence-corrected chi connectivity index (χ0v) is 8.20. The largest absolute Gasteiger partial charge is 0.341 e. The highest BCUT2D eigenvalue weighted by Gasteiger charge is 2.23. The zero-order chi connectivity index (χ0) is 9.54. The van der Waals surface area contributed by atoms with Crippen molar-refractivity contribution >= 4 is 11.8 Å². The highest BCUT2D eigenvalue weighted by molar-refractivity contribution is 5.77. The molecule has 0 N–H and O–H groups in total. The summed E-state index contributed by atoms with van der Waals surface area (Å²) in [6, 6.07) is 2.09. The summed E-state index contributed by atoms with van der Waals surface area (Å²) in [6.45, 7) is 3.33. The van der Waals surface area contributed by atoms with E-state index in [1.54, 1.807) is 0 Å². The minimum absolute atomic E-state index is 1.11. The normalized spacial score (nSPS) is 18.5. The maximum absolute atomic E-state index is 4.14. The van der Waals surface area contributed by atoms with Crippen molar-refractivity contribution in [1.82, 2.24) is 4.98 Å². The summed E-state index contributed by atoms with van der Waals surface area (Å²) < 4.78 is 0. The Hall–Kier alpha value is -1.57. The van der Waals surface area contributed by atoms with E-state index in [2.05, 4.69) is 35.0 Å². The van der Waals surface area contributed by atoms with Gasteiger partial charge in [-0.05, 0) is 37.1 Å². The van der Waals surface area contributed by atoms with E-state index < -0.39 is 0 Å². The molecular weight excluding hydrogens is 172 g/mol. The number of hydrogen-bond donors (Lipinski definition) is 0. The molecule has 0 amide bonds. The fraction of sp³-hybridized carbons (Fsp3) is 0.250. The Morgan fingerprint density at radius 3 is 3.21 bits per heavy atom. The summed E-state index contributed by atoms with van der Waals surface area (Å²) in [5, 5.41) is 0. The van der Waals surface area contributed by atoms with Crippen molar-refractivity contribution in [3.8, 4) is 0 Å². The molecular formula is C12H12N2. The first-order valence-electron chi connectivity index (χ1n) is 4.95. The van der Waals surface area contributed by atoms with Crippen LogP contribution in [0.1, 0.15) is 18.9 Å². The molecule has 0 aromatic carbocycles. The van der Waals surface area contributed by atoms with Gasteiger partial charge in [0.15, 0.2) is 0 Å². The van der Waals surface area contributed by atoms with Crippen LogP contribution in [0.15, 0.2) is 35.8 Å². The van der Waals surface area contributed by atoms with Gasteiger partial charge < -0.3 is 4.90 Å². The predicted octanol–water partition coefficient (Wildman–Crippen LogP) is 2.59. The van der Waals surface area contributed by atoms with E-state index in [0.29, 0.717) is 0 Å². The number of anilines is 1. The van der Waals surface area contributed by atoms with Gasteiger partial charge in [-0.2, -0.15) is 0 Å². The summed E-state index contributed by atoms with van der Waals surface area (Å²) >= 11 is 0. The van der Waals surface area contributed by atoms with Crippen LogP contribution in [0.2, 0.25) is 0 Å². The predicted molar refractivity (Wildman–Crippen MR) is 57.9 cm³/mol. The molecule has 14 heavy (non-hydrogen) atoms. The fourth-order valence-corrected chi connectivity index (χ4v) is 2.18. The van der Waals surface area contributed by atoms with Crippen molar-refractivity contribution in [3.63, 3.8) is 0 Å². The second-order valence-corrected chi connectivity index (χ2v) is 3.84. The molecule has 0 aliphatic carbocycles. The van der Waals surface area contributed by atoms with Gasteiger partial charge in [0.05, 0.1) is 5.69 Å². The average molecular weight is 184 g/mol. The van der Waals surface area contributed by atoms with Crippen molar-refractivity contribution in [1.29, 1.82) is 0 Å². The molecule has 3 heterocycles. The Morgan fingerprint density at radius 1 is 1.36 bits per heavy atom. The summed E-state index contributed by atoms with van der Waals surface area (Å²) in [5.74, 6) is 0. The van der Waals surface area contributed by atoms with Crippen LogP contribution >= 0.6 is 0 Å². The second kappa shape index (κ2) is 2.71. The van der Waals surface area contributed by atoms with Crippen LogP contribution in [0, 0.1) is 0 Å². The molecule has 1 aromatic heterocycles. The van der Waals surface area contributed by atoms with Gasteiger partial charge in [0, 0.05) is 30.2 Å². The Balaban J connectivity index is 2.20. The minimum Gasteiger partial charge on any atom is -0.341 e. The smallest absolute Gasteiger partial charge is 0.0515 e. The van der Waals surface area contributed by atoms with E-state index in [4.69, 9.17) is 0 Å². The lowest BCUT2D eigenvalue weighted by Gasteiger charge is -2.25. The summed E-state index contributed by atoms with van der Waals surface area (Å²) in [5.41, 5.74) is 5.40. The molecule has 0 spiro atoms. The molecule has 3 rings (SSSR count). The lowest BCUT2D eigenvalue weighted by molar-refractivity contribution is 0.960. The van der Waals surface area contributed by atoms with Gasteiger partial charge in [-0.1, -0.05) is 0 Å². The molecule has 2 nitrogen and oxygen atoms in total. The van der Waals surface area contributed by atoms with Crippen molar-refractivity contribution in [2.75, 3.05) is 11.4 Å². The summed E-state index contributed by atoms with van der Waals surface area (Å²) in [6.07, 6.45) is 9.33.